The average Bonchev–Trinajstić information content (AvgIpc) is 2.91. The van der Waals surface area contributed by atoms with E-state index in [1.54, 1.807) is 18.2 Å². The molecule has 1 aromatic heterocycles. The molecule has 2 aromatic carbocycles. The molecule has 0 bridgehead atoms. The van der Waals surface area contributed by atoms with E-state index < -0.39 is 12.6 Å². The van der Waals surface area contributed by atoms with Crippen LogP contribution < -0.4 is 9.47 Å². The molecule has 0 spiro atoms. The Bertz CT molecular complexity index is 920. The number of aromatic nitrogens is 2. The van der Waals surface area contributed by atoms with Crippen LogP contribution in [0.15, 0.2) is 36.4 Å². The number of benzene rings is 2. The van der Waals surface area contributed by atoms with E-state index in [1.165, 1.54) is 7.11 Å². The molecule has 0 saturated carbocycles. The number of rotatable bonds is 5. The fraction of sp³-hybridized carbons (Fsp3) is 0.176. The van der Waals surface area contributed by atoms with Gasteiger partial charge in [-0.3, -0.25) is 0 Å². The van der Waals surface area contributed by atoms with Gasteiger partial charge in [0.1, 0.15) is 5.82 Å². The van der Waals surface area contributed by atoms with Crippen molar-refractivity contribution in [1.82, 2.24) is 9.55 Å². The lowest BCUT2D eigenvalue weighted by Gasteiger charge is -2.11. The highest BCUT2D eigenvalue weighted by atomic mass is 35.5. The van der Waals surface area contributed by atoms with Gasteiger partial charge in [-0.2, -0.15) is 0 Å². The number of imidazole rings is 1. The smallest absolute Gasteiger partial charge is 0.341 e. The Morgan fingerprint density at radius 1 is 1.29 bits per heavy atom. The SMILES string of the molecule is COc1cc(-c2nc3cccc(Cl)c3n2C)ccc1OCC(=O)O. The van der Waals surface area contributed by atoms with E-state index in [4.69, 9.17) is 26.2 Å². The highest BCUT2D eigenvalue weighted by Crippen LogP contribution is 2.34. The van der Waals surface area contributed by atoms with E-state index in [2.05, 4.69) is 4.98 Å². The van der Waals surface area contributed by atoms with Gasteiger partial charge in [0.2, 0.25) is 0 Å². The van der Waals surface area contributed by atoms with Crippen LogP contribution >= 0.6 is 11.6 Å². The molecular weight excluding hydrogens is 332 g/mol. The number of hydrogen-bond donors (Lipinski definition) is 1. The van der Waals surface area contributed by atoms with Gasteiger partial charge in [0.05, 0.1) is 23.2 Å². The molecule has 0 saturated heterocycles. The van der Waals surface area contributed by atoms with Gasteiger partial charge in [-0.25, -0.2) is 9.78 Å². The van der Waals surface area contributed by atoms with Crippen LogP contribution in [0.1, 0.15) is 0 Å². The molecule has 0 fully saturated rings. The maximum absolute atomic E-state index is 10.6. The second-order valence-corrected chi connectivity index (χ2v) is 5.56. The predicted molar refractivity (Wildman–Crippen MR) is 90.8 cm³/mol. The van der Waals surface area contributed by atoms with Gasteiger partial charge in [-0.05, 0) is 30.3 Å². The number of carbonyl (C=O) groups is 1. The molecule has 3 rings (SSSR count). The van der Waals surface area contributed by atoms with E-state index in [9.17, 15) is 4.79 Å². The molecule has 0 aliphatic carbocycles. The number of carboxylic acid groups (broad SMARTS) is 1. The third-order valence-electron chi connectivity index (χ3n) is 3.62. The van der Waals surface area contributed by atoms with Crippen molar-refractivity contribution in [3.05, 3.63) is 41.4 Å². The third-order valence-corrected chi connectivity index (χ3v) is 3.92. The zero-order valence-electron chi connectivity index (χ0n) is 13.1. The molecule has 1 heterocycles. The van der Waals surface area contributed by atoms with Crippen LogP contribution in [0.2, 0.25) is 5.02 Å². The minimum Gasteiger partial charge on any atom is -0.493 e. The summed E-state index contributed by atoms with van der Waals surface area (Å²) in [6.07, 6.45) is 0. The van der Waals surface area contributed by atoms with Crippen molar-refractivity contribution in [1.29, 1.82) is 0 Å². The fourth-order valence-corrected chi connectivity index (χ4v) is 2.84. The van der Waals surface area contributed by atoms with E-state index in [0.29, 0.717) is 16.5 Å². The summed E-state index contributed by atoms with van der Waals surface area (Å²) >= 11 is 6.26. The number of hydrogen-bond acceptors (Lipinski definition) is 4. The Hall–Kier alpha value is -2.73. The molecule has 0 aliphatic heterocycles. The minimum absolute atomic E-state index is 0.362. The predicted octanol–water partition coefficient (Wildman–Crippen LogP) is 3.37. The van der Waals surface area contributed by atoms with Crippen LogP contribution in [-0.2, 0) is 11.8 Å². The number of para-hydroxylation sites is 1. The molecule has 0 aliphatic rings. The monoisotopic (exact) mass is 346 g/mol. The first-order chi connectivity index (χ1) is 11.5. The first kappa shape index (κ1) is 16.1. The van der Waals surface area contributed by atoms with Crippen molar-refractivity contribution in [3.63, 3.8) is 0 Å². The largest absolute Gasteiger partial charge is 0.493 e. The standard InChI is InChI=1S/C17H15ClN2O4/c1-20-16-11(18)4-3-5-12(16)19-17(20)10-6-7-13(14(8-10)23-2)24-9-15(21)22/h3-8H,9H2,1-2H3,(H,21,22). The lowest BCUT2D eigenvalue weighted by atomic mass is 10.2. The number of carboxylic acids is 1. The van der Waals surface area contributed by atoms with Gasteiger partial charge in [-0.15, -0.1) is 0 Å². The number of aryl methyl sites for hydroxylation is 1. The molecule has 124 valence electrons. The molecule has 0 atom stereocenters. The second kappa shape index (κ2) is 6.41. The molecule has 0 unspecified atom stereocenters. The first-order valence-electron chi connectivity index (χ1n) is 7.15. The van der Waals surface area contributed by atoms with Crippen LogP contribution in [0.5, 0.6) is 11.5 Å². The number of halogens is 1. The number of methoxy groups -OCH3 is 1. The van der Waals surface area contributed by atoms with Crippen LogP contribution in [0.3, 0.4) is 0 Å². The normalized spacial score (nSPS) is 10.8. The van der Waals surface area contributed by atoms with Crippen molar-refractivity contribution in [2.24, 2.45) is 7.05 Å². The lowest BCUT2D eigenvalue weighted by molar-refractivity contribution is -0.139. The number of fused-ring (bicyclic) bond motifs is 1. The third kappa shape index (κ3) is 2.88. The van der Waals surface area contributed by atoms with Crippen molar-refractivity contribution in [3.8, 4) is 22.9 Å². The number of nitrogens with zero attached hydrogens (tertiary/aromatic N) is 2. The topological polar surface area (TPSA) is 73.6 Å². The number of aliphatic carboxylic acids is 1. The molecule has 7 heteroatoms. The maximum Gasteiger partial charge on any atom is 0.341 e. The average molecular weight is 347 g/mol. The van der Waals surface area contributed by atoms with Crippen LogP contribution in [-0.4, -0.2) is 34.3 Å². The second-order valence-electron chi connectivity index (χ2n) is 5.15. The summed E-state index contributed by atoms with van der Waals surface area (Å²) in [5.41, 5.74) is 2.45. The van der Waals surface area contributed by atoms with Crippen molar-refractivity contribution in [2.75, 3.05) is 13.7 Å². The summed E-state index contributed by atoms with van der Waals surface area (Å²) in [5.74, 6) is 0.472. The summed E-state index contributed by atoms with van der Waals surface area (Å²) < 4.78 is 12.4. The van der Waals surface area contributed by atoms with E-state index in [-0.39, 0.29) is 0 Å². The van der Waals surface area contributed by atoms with E-state index >= 15 is 0 Å². The highest BCUT2D eigenvalue weighted by molar-refractivity contribution is 6.35. The molecule has 6 nitrogen and oxygen atoms in total. The fourth-order valence-electron chi connectivity index (χ4n) is 2.54. The lowest BCUT2D eigenvalue weighted by Crippen LogP contribution is -2.10. The number of ether oxygens (including phenoxy) is 2. The summed E-state index contributed by atoms with van der Waals surface area (Å²) in [7, 11) is 3.39. The molecule has 0 amide bonds. The van der Waals surface area contributed by atoms with Crippen molar-refractivity contribution < 1.29 is 19.4 Å². The Morgan fingerprint density at radius 2 is 2.08 bits per heavy atom. The molecule has 24 heavy (non-hydrogen) atoms. The van der Waals surface area contributed by atoms with E-state index in [1.807, 2.05) is 29.8 Å². The summed E-state index contributed by atoms with van der Waals surface area (Å²) in [6, 6.07) is 10.8. The van der Waals surface area contributed by atoms with Gasteiger partial charge in [0.25, 0.3) is 0 Å². The van der Waals surface area contributed by atoms with Gasteiger partial charge >= 0.3 is 5.97 Å². The highest BCUT2D eigenvalue weighted by Gasteiger charge is 2.15. The molecule has 3 aromatic rings. The van der Waals surface area contributed by atoms with Crippen LogP contribution in [0.25, 0.3) is 22.4 Å². The summed E-state index contributed by atoms with van der Waals surface area (Å²) in [5, 5.41) is 9.35. The molecule has 0 radical (unpaired) electrons. The van der Waals surface area contributed by atoms with Crippen molar-refractivity contribution in [2.45, 2.75) is 0 Å². The quantitative estimate of drug-likeness (QED) is 0.766. The minimum atomic E-state index is -1.05. The Kier molecular flexibility index (Phi) is 4.31. The van der Waals surface area contributed by atoms with Gasteiger partial charge < -0.3 is 19.1 Å². The van der Waals surface area contributed by atoms with Crippen LogP contribution in [0.4, 0.5) is 0 Å². The summed E-state index contributed by atoms with van der Waals surface area (Å²) in [6.45, 7) is -0.433. The van der Waals surface area contributed by atoms with Crippen LogP contribution in [0, 0.1) is 0 Å². The van der Waals surface area contributed by atoms with E-state index in [0.717, 1.165) is 22.4 Å². The summed E-state index contributed by atoms with van der Waals surface area (Å²) in [4.78, 5) is 15.3. The maximum atomic E-state index is 10.6. The Morgan fingerprint density at radius 3 is 2.75 bits per heavy atom. The van der Waals surface area contributed by atoms with Crippen molar-refractivity contribution >= 4 is 28.6 Å². The van der Waals surface area contributed by atoms with Gasteiger partial charge in [0, 0.05) is 12.6 Å². The zero-order chi connectivity index (χ0) is 17.3. The Labute approximate surface area is 143 Å². The molecular formula is C17H15ClN2O4. The van der Waals surface area contributed by atoms with Gasteiger partial charge in [-0.1, -0.05) is 17.7 Å². The Balaban J connectivity index is 2.05. The zero-order valence-corrected chi connectivity index (χ0v) is 13.9. The molecule has 1 N–H and O–H groups in total. The van der Waals surface area contributed by atoms with Gasteiger partial charge in [0.15, 0.2) is 18.1 Å². The first-order valence-corrected chi connectivity index (χ1v) is 7.53.